The summed E-state index contributed by atoms with van der Waals surface area (Å²) in [5.41, 5.74) is 14.9. The summed E-state index contributed by atoms with van der Waals surface area (Å²) in [5.74, 6) is -3.74. The first-order valence-corrected chi connectivity index (χ1v) is 30.5. The Balaban J connectivity index is 0.860. The fourth-order valence-electron chi connectivity index (χ4n) is 10.0. The third-order valence-corrected chi connectivity index (χ3v) is 16.3. The molecule has 8 heterocycles. The van der Waals surface area contributed by atoms with E-state index in [4.69, 9.17) is 49.5 Å². The number of ether oxygens (including phenoxy) is 3. The number of amides is 8. The number of anilines is 3. The van der Waals surface area contributed by atoms with Crippen LogP contribution in [0, 0.1) is 5.92 Å². The number of imidazole rings is 2. The molecule has 3 fully saturated rings. The van der Waals surface area contributed by atoms with Gasteiger partial charge >= 0.3 is 27.8 Å². The Hall–Kier alpha value is -8.55. The number of aromatic nitrogens is 8. The van der Waals surface area contributed by atoms with E-state index in [1.54, 1.807) is 13.8 Å². The van der Waals surface area contributed by atoms with Crippen molar-refractivity contribution in [3.63, 3.8) is 0 Å². The number of phosphoric ester groups is 2. The van der Waals surface area contributed by atoms with E-state index in [-0.39, 0.29) is 72.3 Å². The number of urea groups is 1. The summed E-state index contributed by atoms with van der Waals surface area (Å²) in [4.78, 5) is 159. The van der Waals surface area contributed by atoms with E-state index in [0.717, 1.165) is 26.7 Å². The number of fused-ring (bicyclic) bond motifs is 4. The number of nitrogens with two attached hydrogens (primary N) is 3. The summed E-state index contributed by atoms with van der Waals surface area (Å²) < 4.78 is 69.2. The van der Waals surface area contributed by atoms with Gasteiger partial charge in [-0.3, -0.25) is 75.7 Å². The molecule has 0 bridgehead atoms. The first-order chi connectivity index (χ1) is 42.2. The first-order valence-electron chi connectivity index (χ1n) is 27.5. The molecule has 0 aliphatic carbocycles. The molecule has 4 aromatic heterocycles. The van der Waals surface area contributed by atoms with Crippen LogP contribution in [0.2, 0.25) is 0 Å². The van der Waals surface area contributed by atoms with Crippen LogP contribution in [0.1, 0.15) is 70.4 Å². The number of nitrogens with one attached hydrogen (secondary N) is 7. The maximum atomic E-state index is 14.0. The average molecular weight is 1290 g/mol. The van der Waals surface area contributed by atoms with Crippen LogP contribution in [0.4, 0.5) is 27.2 Å². The highest BCUT2D eigenvalue weighted by atomic mass is 31.2. The van der Waals surface area contributed by atoms with Crippen LogP contribution in [0.25, 0.3) is 22.3 Å². The molecule has 9 rings (SSSR count). The van der Waals surface area contributed by atoms with Gasteiger partial charge in [-0.1, -0.05) is 32.4 Å². The molecule has 4 aliphatic rings. The number of alkyl carbamates (subject to hydrolysis) is 1. The average Bonchev–Trinajstić information content (AvgIpc) is 1.90. The standard InChI is InChI=1S/C49H63N17O21P2/c1-22(2)31(58-28(67)8-4-3-5-16-64-29(68)13-14-30(64)69)41(72)57-25(7-6-15-53-48(52)75)40(71)56-24-11-9-23(10-12-24)17-81-49(76)59-32-36-26(84-44(32)65-20-54-33-38(65)60-46(50)62-42(33)73)18-82-89(79,80)87-37-27(19-83-88(77,78)86-36)85-45(35(37)70)66-21-55-34-39(66)61-47(51)63-43(34)74/h9-14,20-22,25-27,31-32,35-37,44-45,70H,3-8,15-19H2,1-2H3,(H,56,71)(H,57,72)(H,58,67)(H,59,76)(H,77,78)(H,79,80)(H3,52,53,75)(H3,50,60,62,73)(H3,51,61,63,74)/t25-,26+,27+,31-,32?,35?,36?,37?,44+,45+/m0/s1. The van der Waals surface area contributed by atoms with Crippen LogP contribution in [0.5, 0.6) is 0 Å². The number of carbonyl (C=O) groups is 7. The van der Waals surface area contributed by atoms with Gasteiger partial charge in [-0.15, -0.1) is 0 Å². The minimum Gasteiger partial charge on any atom is -0.445 e. The maximum absolute atomic E-state index is 14.0. The van der Waals surface area contributed by atoms with Gasteiger partial charge in [0.1, 0.15) is 55.3 Å². The number of H-pyrrole nitrogens is 2. The fourth-order valence-corrected chi connectivity index (χ4v) is 12.0. The highest BCUT2D eigenvalue weighted by Gasteiger charge is 2.55. The molecule has 38 nitrogen and oxygen atoms in total. The smallest absolute Gasteiger partial charge is 0.445 e. The molecule has 5 aromatic rings. The van der Waals surface area contributed by atoms with E-state index in [1.807, 2.05) is 0 Å². The number of phosphoric acid groups is 2. The van der Waals surface area contributed by atoms with E-state index >= 15 is 0 Å². The molecule has 4 aliphatic heterocycles. The number of aromatic amines is 2. The second-order valence-electron chi connectivity index (χ2n) is 21.0. The summed E-state index contributed by atoms with van der Waals surface area (Å²) in [6.45, 7) is 1.17. The van der Waals surface area contributed by atoms with Crippen molar-refractivity contribution >= 4 is 97.2 Å². The predicted molar refractivity (Wildman–Crippen MR) is 302 cm³/mol. The van der Waals surface area contributed by atoms with Crippen molar-refractivity contribution in [1.29, 1.82) is 0 Å². The van der Waals surface area contributed by atoms with Gasteiger partial charge in [0.15, 0.2) is 34.8 Å². The van der Waals surface area contributed by atoms with Gasteiger partial charge in [0.05, 0.1) is 25.9 Å². The molecular weight excluding hydrogens is 1220 g/mol. The number of nitrogen functional groups attached to an aromatic ring is 2. The molecule has 1 aromatic carbocycles. The van der Waals surface area contributed by atoms with Crippen molar-refractivity contribution < 1.29 is 89.9 Å². The summed E-state index contributed by atoms with van der Waals surface area (Å²) in [6.07, 6.45) is -7.37. The van der Waals surface area contributed by atoms with Gasteiger partial charge in [0.25, 0.3) is 22.9 Å². The van der Waals surface area contributed by atoms with Crippen molar-refractivity contribution in [2.75, 3.05) is 43.1 Å². The largest absolute Gasteiger partial charge is 0.472 e. The quantitative estimate of drug-likeness (QED) is 0.0223. The van der Waals surface area contributed by atoms with E-state index in [2.05, 4.69) is 56.5 Å². The second-order valence-corrected chi connectivity index (χ2v) is 23.8. The number of imide groups is 1. The van der Waals surface area contributed by atoms with Crippen molar-refractivity contribution in [3.8, 4) is 0 Å². The zero-order chi connectivity index (χ0) is 64.1. The van der Waals surface area contributed by atoms with Gasteiger partial charge in [0, 0.05) is 37.3 Å². The summed E-state index contributed by atoms with van der Waals surface area (Å²) in [5, 5.41) is 24.5. The minimum absolute atomic E-state index is 0.00856. The first kappa shape index (κ1) is 64.9. The number of hydrogen-bond donors (Lipinski definition) is 13. The van der Waals surface area contributed by atoms with Crippen LogP contribution < -0.4 is 54.9 Å². The Labute approximate surface area is 501 Å². The van der Waals surface area contributed by atoms with E-state index in [1.165, 1.54) is 36.4 Å². The van der Waals surface area contributed by atoms with Crippen molar-refractivity contribution in [1.82, 2.24) is 65.2 Å². The molecule has 0 radical (unpaired) electrons. The van der Waals surface area contributed by atoms with Crippen molar-refractivity contribution in [2.45, 2.75) is 120 Å². The lowest BCUT2D eigenvalue weighted by Gasteiger charge is -2.29. The molecule has 89 heavy (non-hydrogen) atoms. The van der Waals surface area contributed by atoms with E-state index < -0.39 is 155 Å². The number of aliphatic hydroxyl groups is 1. The maximum Gasteiger partial charge on any atom is 0.472 e. The van der Waals surface area contributed by atoms with Gasteiger partial charge < -0.3 is 72.9 Å². The molecule has 12 atom stereocenters. The second kappa shape index (κ2) is 27.5. The molecule has 3 saturated heterocycles. The monoisotopic (exact) mass is 1290 g/mol. The van der Waals surface area contributed by atoms with Crippen LogP contribution in [-0.4, -0.2) is 175 Å². The topological polar surface area (TPSA) is 548 Å². The van der Waals surface area contributed by atoms with Crippen LogP contribution in [-0.2, 0) is 72.0 Å². The number of nitrogens with zero attached hydrogens (tertiary/aromatic N) is 7. The molecule has 16 N–H and O–H groups in total. The number of unbranched alkanes of at least 4 members (excludes halogenated alkanes) is 2. The Bertz CT molecular complexity index is 3750. The highest BCUT2D eigenvalue weighted by molar-refractivity contribution is 7.47. The summed E-state index contributed by atoms with van der Waals surface area (Å²) in [6, 6.07) is 1.07. The van der Waals surface area contributed by atoms with E-state index in [0.29, 0.717) is 24.8 Å². The zero-order valence-electron chi connectivity index (χ0n) is 47.2. The Morgan fingerprint density at radius 1 is 0.775 bits per heavy atom. The Kier molecular flexibility index (Phi) is 20.0. The number of carbonyl (C=O) groups excluding carboxylic acids is 7. The SMILES string of the molecule is CC(C)[C@H](NC(=O)CCCCCN1C(=O)C=CC1=O)C(=O)N[C@@H](CCCNC(N)=O)C(=O)Nc1ccc(COC(=O)NC2C3OP(=O)(O)OC[C@H]4O[C@@H](n5cnc6c(=O)[nH]c(N)nc65)C(O)C4OP(=O)(O)OC[C@H]3O[C@H]2n2cnc3c(=O)[nH]c(N)nc32)cc1. The normalized spacial score (nSPS) is 26.0. The van der Waals surface area contributed by atoms with Crippen LogP contribution in [0.15, 0.2) is 58.7 Å². The van der Waals surface area contributed by atoms with Gasteiger partial charge in [-0.05, 0) is 49.3 Å². The molecule has 8 amide bonds. The third kappa shape index (κ3) is 15.7. The minimum atomic E-state index is -5.40. The van der Waals surface area contributed by atoms with Crippen LogP contribution >= 0.6 is 15.6 Å². The Morgan fingerprint density at radius 2 is 1.35 bits per heavy atom. The third-order valence-electron chi connectivity index (χ3n) is 14.3. The Morgan fingerprint density at radius 3 is 1.94 bits per heavy atom. The van der Waals surface area contributed by atoms with Crippen molar-refractivity contribution in [3.05, 3.63) is 75.3 Å². The van der Waals surface area contributed by atoms with Gasteiger partial charge in [-0.2, -0.15) is 9.97 Å². The molecule has 40 heteroatoms. The molecule has 0 saturated carbocycles. The molecular formula is C49H63N17O21P2. The lowest BCUT2D eigenvalue weighted by atomic mass is 10.0. The fraction of sp³-hybridized carbons (Fsp3) is 0.490. The zero-order valence-corrected chi connectivity index (χ0v) is 49.0. The number of rotatable bonds is 21. The number of primary amides is 1. The van der Waals surface area contributed by atoms with Crippen LogP contribution in [0.3, 0.4) is 0 Å². The summed E-state index contributed by atoms with van der Waals surface area (Å²) in [7, 11) is -10.7. The van der Waals surface area contributed by atoms with Gasteiger partial charge in [-0.25, -0.2) is 28.7 Å². The number of aliphatic hydroxyl groups excluding tert-OH is 1. The summed E-state index contributed by atoms with van der Waals surface area (Å²) >= 11 is 0. The lowest BCUT2D eigenvalue weighted by Crippen LogP contribution is -2.54. The van der Waals surface area contributed by atoms with Gasteiger partial charge in [0.2, 0.25) is 29.6 Å². The van der Waals surface area contributed by atoms with E-state index in [9.17, 15) is 67.2 Å². The predicted octanol–water partition coefficient (Wildman–Crippen LogP) is -1.62. The lowest BCUT2D eigenvalue weighted by molar-refractivity contribution is -0.137. The molecule has 480 valence electrons. The number of benzene rings is 1. The molecule has 6 unspecified atom stereocenters. The molecule has 0 spiro atoms. The highest BCUT2D eigenvalue weighted by Crippen LogP contribution is 2.54. The number of hydrogen-bond acceptors (Lipinski definition) is 25. The van der Waals surface area contributed by atoms with Crippen molar-refractivity contribution in [2.24, 2.45) is 11.7 Å².